The molecule has 0 aliphatic carbocycles. The van der Waals surface area contributed by atoms with Gasteiger partial charge in [0, 0.05) is 18.2 Å². The summed E-state index contributed by atoms with van der Waals surface area (Å²) < 4.78 is 58.7. The van der Waals surface area contributed by atoms with Crippen LogP contribution in [-0.4, -0.2) is 65.9 Å². The van der Waals surface area contributed by atoms with E-state index in [1.165, 1.54) is 25.3 Å². The Balaban J connectivity index is 2.36. The molecule has 0 saturated heterocycles. The van der Waals surface area contributed by atoms with Crippen LogP contribution in [0.4, 0.5) is 23.7 Å². The Bertz CT molecular complexity index is 1290. The normalized spacial score (nSPS) is 12.6. The Labute approximate surface area is 241 Å². The van der Waals surface area contributed by atoms with Crippen molar-refractivity contribution in [1.29, 1.82) is 0 Å². The van der Waals surface area contributed by atoms with E-state index in [2.05, 4.69) is 15.4 Å². The van der Waals surface area contributed by atoms with Gasteiger partial charge in [0.25, 0.3) is 5.91 Å². The molecule has 1 atom stereocenters. The van der Waals surface area contributed by atoms with Crippen molar-refractivity contribution >= 4 is 36.2 Å². The molecule has 0 saturated carbocycles. The van der Waals surface area contributed by atoms with Crippen molar-refractivity contribution in [2.75, 3.05) is 12.4 Å². The second-order valence-corrected chi connectivity index (χ2v) is 11.1. The minimum Gasteiger partial charge on any atom is -0.496 e. The second-order valence-electron chi connectivity index (χ2n) is 11.1. The van der Waals surface area contributed by atoms with Crippen LogP contribution in [0.5, 0.6) is 11.5 Å². The average molecular weight is 598 g/mol. The number of carbonyl (C=O) groups excluding carboxylic acids is 3. The molecule has 0 aliphatic heterocycles. The first-order chi connectivity index (χ1) is 19.2. The van der Waals surface area contributed by atoms with E-state index in [9.17, 15) is 37.6 Å². The largest absolute Gasteiger partial charge is 0.573 e. The lowest BCUT2D eigenvalue weighted by molar-refractivity contribution is -0.274. The number of hydrogen-bond acceptors (Lipinski definition) is 9. The number of benzene rings is 2. The van der Waals surface area contributed by atoms with Gasteiger partial charge in [-0.3, -0.25) is 4.79 Å². The monoisotopic (exact) mass is 598 g/mol. The number of nitrogens with one attached hydrogen (secondary N) is 2. The quantitative estimate of drug-likeness (QED) is 0.252. The Morgan fingerprint density at radius 2 is 1.52 bits per heavy atom. The van der Waals surface area contributed by atoms with Crippen LogP contribution in [0.1, 0.15) is 57.5 Å². The first-order valence-corrected chi connectivity index (χ1v) is 12.6. The number of hydrogen-bond donors (Lipinski definition) is 4. The molecule has 0 bridgehead atoms. The van der Waals surface area contributed by atoms with Crippen LogP contribution in [0.3, 0.4) is 0 Å². The fraction of sp³-hybridized carbons (Fsp3) is 0.444. The predicted octanol–water partition coefficient (Wildman–Crippen LogP) is 3.30. The molecule has 2 rings (SSSR count). The van der Waals surface area contributed by atoms with E-state index in [4.69, 9.17) is 14.2 Å². The molecule has 0 aromatic heterocycles. The molecule has 0 unspecified atom stereocenters. The Morgan fingerprint density at radius 1 is 0.905 bits per heavy atom. The number of alkyl carbamates (subject to hydrolysis) is 1. The molecular weight excluding hydrogens is 564 g/mol. The Hall–Kier alpha value is -3.98. The molecule has 11 nitrogen and oxygen atoms in total. The first-order valence-electron chi connectivity index (χ1n) is 12.6. The smallest absolute Gasteiger partial charge is 0.496 e. The zero-order valence-electron chi connectivity index (χ0n) is 24.2. The summed E-state index contributed by atoms with van der Waals surface area (Å²) in [5, 5.41) is 23.7. The van der Waals surface area contributed by atoms with Gasteiger partial charge in [-0.25, -0.2) is 9.59 Å². The van der Waals surface area contributed by atoms with Gasteiger partial charge >= 0.3 is 25.5 Å². The minimum atomic E-state index is -5.11. The van der Waals surface area contributed by atoms with Gasteiger partial charge in [0.2, 0.25) is 0 Å². The fourth-order valence-electron chi connectivity index (χ4n) is 3.52. The molecule has 230 valence electrons. The summed E-state index contributed by atoms with van der Waals surface area (Å²) in [6.45, 7) is 9.96. The van der Waals surface area contributed by atoms with Crippen LogP contribution in [0.2, 0.25) is 0 Å². The molecule has 2 amide bonds. The van der Waals surface area contributed by atoms with Crippen LogP contribution in [0, 0.1) is 0 Å². The number of amides is 2. The molecule has 0 heterocycles. The number of anilines is 1. The minimum absolute atomic E-state index is 0.0856. The van der Waals surface area contributed by atoms with Crippen LogP contribution in [0.25, 0.3) is 0 Å². The third kappa shape index (κ3) is 11.1. The number of methoxy groups -OCH3 is 1. The number of alkyl halides is 3. The summed E-state index contributed by atoms with van der Waals surface area (Å²) in [7, 11) is -0.738. The molecule has 0 spiro atoms. The van der Waals surface area contributed by atoms with Crippen molar-refractivity contribution < 1.29 is 56.6 Å². The Morgan fingerprint density at radius 3 is 2.05 bits per heavy atom. The average Bonchev–Trinajstić information content (AvgIpc) is 2.81. The van der Waals surface area contributed by atoms with Gasteiger partial charge in [-0.05, 0) is 70.8 Å². The molecule has 0 aliphatic rings. The number of esters is 1. The Kier molecular flexibility index (Phi) is 10.9. The van der Waals surface area contributed by atoms with E-state index in [1.807, 2.05) is 0 Å². The SMILES string of the molecule is COc1cc(NC(=O)c2cc(B(O)O)ccc2OC(F)(F)F)ccc1C[C@H](NC(=O)OC(C)(C)C)C(=O)OC(C)(C)C. The van der Waals surface area contributed by atoms with Crippen LogP contribution < -0.4 is 25.6 Å². The van der Waals surface area contributed by atoms with Gasteiger partial charge in [-0.15, -0.1) is 13.2 Å². The van der Waals surface area contributed by atoms with Gasteiger partial charge in [-0.2, -0.15) is 0 Å². The number of rotatable bonds is 9. The summed E-state index contributed by atoms with van der Waals surface area (Å²) in [6.07, 6.45) is -6.07. The molecule has 4 N–H and O–H groups in total. The zero-order valence-corrected chi connectivity index (χ0v) is 24.2. The molecule has 15 heteroatoms. The summed E-state index contributed by atoms with van der Waals surface area (Å²) in [5.74, 6) is -2.49. The maximum atomic E-state index is 12.9. The molecule has 0 radical (unpaired) electrons. The van der Waals surface area contributed by atoms with Gasteiger partial charge < -0.3 is 39.6 Å². The zero-order chi connectivity index (χ0) is 32.0. The van der Waals surface area contributed by atoms with Crippen molar-refractivity contribution in [3.8, 4) is 11.5 Å². The first kappa shape index (κ1) is 34.2. The van der Waals surface area contributed by atoms with E-state index >= 15 is 0 Å². The maximum absolute atomic E-state index is 12.9. The maximum Gasteiger partial charge on any atom is 0.573 e. The van der Waals surface area contributed by atoms with E-state index in [1.54, 1.807) is 41.5 Å². The summed E-state index contributed by atoms with van der Waals surface area (Å²) in [4.78, 5) is 38.3. The highest BCUT2D eigenvalue weighted by atomic mass is 19.4. The van der Waals surface area contributed by atoms with Crippen molar-refractivity contribution in [1.82, 2.24) is 5.32 Å². The van der Waals surface area contributed by atoms with E-state index < -0.39 is 60.0 Å². The number of halogens is 3. The van der Waals surface area contributed by atoms with E-state index in [-0.39, 0.29) is 23.3 Å². The van der Waals surface area contributed by atoms with Crippen molar-refractivity contribution in [2.45, 2.75) is 71.6 Å². The van der Waals surface area contributed by atoms with Gasteiger partial charge in [0.15, 0.2) is 0 Å². The topological polar surface area (TPSA) is 153 Å². The second kappa shape index (κ2) is 13.3. The lowest BCUT2D eigenvalue weighted by Gasteiger charge is -2.26. The van der Waals surface area contributed by atoms with Crippen molar-refractivity contribution in [3.63, 3.8) is 0 Å². The third-order valence-corrected chi connectivity index (χ3v) is 5.12. The van der Waals surface area contributed by atoms with Crippen LogP contribution in [0.15, 0.2) is 36.4 Å². The summed E-state index contributed by atoms with van der Waals surface area (Å²) in [6, 6.07) is 5.63. The highest BCUT2D eigenvalue weighted by Gasteiger charge is 2.34. The summed E-state index contributed by atoms with van der Waals surface area (Å²) in [5.41, 5.74) is -2.06. The van der Waals surface area contributed by atoms with E-state index in [0.29, 0.717) is 5.56 Å². The molecule has 42 heavy (non-hydrogen) atoms. The highest BCUT2D eigenvalue weighted by molar-refractivity contribution is 6.58. The molecule has 2 aromatic carbocycles. The fourth-order valence-corrected chi connectivity index (χ4v) is 3.52. The van der Waals surface area contributed by atoms with Gasteiger partial charge in [0.1, 0.15) is 28.7 Å². The van der Waals surface area contributed by atoms with E-state index in [0.717, 1.165) is 18.2 Å². The lowest BCUT2D eigenvalue weighted by Crippen LogP contribution is -2.47. The van der Waals surface area contributed by atoms with Gasteiger partial charge in [0.05, 0.1) is 12.7 Å². The summed E-state index contributed by atoms with van der Waals surface area (Å²) >= 11 is 0. The number of ether oxygens (including phenoxy) is 4. The molecule has 2 aromatic rings. The lowest BCUT2D eigenvalue weighted by atomic mass is 9.79. The van der Waals surface area contributed by atoms with Crippen LogP contribution >= 0.6 is 0 Å². The predicted molar refractivity (Wildman–Crippen MR) is 147 cm³/mol. The standard InChI is InChI=1S/C27H34BF3N2O9/c1-25(2,3)41-23(35)19(33-24(36)42-26(4,5)6)12-15-8-10-17(14-21(15)39-7)32-22(34)18-13-16(28(37)38)9-11-20(18)40-27(29,30)31/h8-11,13-14,19,37-38H,12H2,1-7H3,(H,32,34)(H,33,36)/t19-/m0/s1. The van der Waals surface area contributed by atoms with Crippen LogP contribution in [-0.2, 0) is 20.7 Å². The van der Waals surface area contributed by atoms with Crippen molar-refractivity contribution in [2.24, 2.45) is 0 Å². The number of carbonyl (C=O) groups is 3. The molecular formula is C27H34BF3N2O9. The highest BCUT2D eigenvalue weighted by Crippen LogP contribution is 2.29. The molecule has 0 fully saturated rings. The van der Waals surface area contributed by atoms with Gasteiger partial charge in [-0.1, -0.05) is 12.1 Å². The third-order valence-electron chi connectivity index (χ3n) is 5.12. The van der Waals surface area contributed by atoms with Crippen molar-refractivity contribution in [3.05, 3.63) is 47.5 Å².